The van der Waals surface area contributed by atoms with Gasteiger partial charge < -0.3 is 52.6 Å². The summed E-state index contributed by atoms with van der Waals surface area (Å²) in [6, 6.07) is 16.3. The number of carbonyl (C=O) groups is 2. The Balaban J connectivity index is 0.000000168. The maximum absolute atomic E-state index is 12.4. The van der Waals surface area contributed by atoms with Crippen molar-refractivity contribution in [3.63, 3.8) is 0 Å². The number of ether oxygens (including phenoxy) is 6. The molecule has 2 aliphatic rings. The molecule has 1 N–H and O–H groups in total. The number of rotatable bonds is 11. The van der Waals surface area contributed by atoms with Crippen LogP contribution in [0.2, 0.25) is 0 Å². The minimum Gasteiger partial charge on any atom is -0.497 e. The van der Waals surface area contributed by atoms with Gasteiger partial charge in [0.2, 0.25) is 0 Å². The van der Waals surface area contributed by atoms with E-state index in [1.807, 2.05) is 51.1 Å². The molecule has 64 heavy (non-hydrogen) atoms. The summed E-state index contributed by atoms with van der Waals surface area (Å²) in [7, 11) is 4.73. The van der Waals surface area contributed by atoms with Crippen molar-refractivity contribution in [2.45, 2.75) is 71.2 Å². The average molecular weight is 883 g/mol. The third-order valence-electron chi connectivity index (χ3n) is 10.4. The maximum Gasteiger partial charge on any atom is 0.407 e. The summed E-state index contributed by atoms with van der Waals surface area (Å²) in [6.45, 7) is 10.1. The zero-order chi connectivity index (χ0) is 45.8. The van der Waals surface area contributed by atoms with Crippen LogP contribution in [-0.4, -0.2) is 118 Å². The molecule has 8 rings (SSSR count). The number of alkyl carbamates (subject to hydrolysis) is 1. The number of amides is 1. The molecule has 0 spiro atoms. The van der Waals surface area contributed by atoms with Crippen LogP contribution in [-0.2, 0) is 38.6 Å². The molecular formula is C45H54N8O11. The number of benzene rings is 3. The molecule has 3 aromatic heterocycles. The normalized spacial score (nSPS) is 14.6. The standard InChI is InChI=1S/C21H30N4O4.C13H14N2O4.C11H10N2O3/c1-21(2,3)29-20(27)23-15-7-9-24(10-8-15)11-12-25-18-13-16(28-4)5-6-17(18)22-14-19(25)26;1-17-9-2-3-10-11(6-9)15(12(16)7-14-10)8-13-18-4-5-19-13;1-16-8-2-3-9-10(6-8)13(4-5-14)11(15)7-12-9/h5-6,13-15H,7-12H2,1-4H3,(H,23,27);2-3,6-7,13H,4-5,8H2,1H3;2-3,5-7H,4H2,1H3. The fourth-order valence-corrected chi connectivity index (χ4v) is 7.17. The van der Waals surface area contributed by atoms with Gasteiger partial charge >= 0.3 is 6.09 Å². The average Bonchev–Trinajstić information content (AvgIpc) is 3.81. The van der Waals surface area contributed by atoms with E-state index in [0.29, 0.717) is 66.4 Å². The SMILES string of the molecule is COc1ccc2ncc(=O)n(CC3OCCO3)c2c1.COc1ccc2ncc(=O)n(CC=O)c2c1.COc1ccc2ncc(=O)n(CCN3CCC(NC(=O)OC(C)(C)C)CC3)c2c1. The molecule has 19 heteroatoms. The second-order valence-electron chi connectivity index (χ2n) is 15.8. The second kappa shape index (κ2) is 21.6. The number of piperidine rings is 1. The Morgan fingerprint density at radius 1 is 0.703 bits per heavy atom. The van der Waals surface area contributed by atoms with Crippen molar-refractivity contribution in [1.29, 1.82) is 0 Å². The van der Waals surface area contributed by atoms with Crippen molar-refractivity contribution in [2.24, 2.45) is 0 Å². The number of aldehydes is 1. The number of hydrogen-bond donors (Lipinski definition) is 1. The number of aromatic nitrogens is 6. The number of methoxy groups -OCH3 is 3. The highest BCUT2D eigenvalue weighted by Gasteiger charge is 2.24. The first-order valence-corrected chi connectivity index (χ1v) is 20.8. The second-order valence-corrected chi connectivity index (χ2v) is 15.8. The summed E-state index contributed by atoms with van der Waals surface area (Å²) in [5, 5.41) is 2.95. The van der Waals surface area contributed by atoms with Crippen LogP contribution in [0.5, 0.6) is 17.2 Å². The topological polar surface area (TPSA) is 209 Å². The first-order chi connectivity index (χ1) is 30.8. The molecule has 2 fully saturated rings. The fourth-order valence-electron chi connectivity index (χ4n) is 7.17. The maximum atomic E-state index is 12.4. The lowest BCUT2D eigenvalue weighted by Gasteiger charge is -2.33. The highest BCUT2D eigenvalue weighted by atomic mass is 16.7. The first-order valence-electron chi connectivity index (χ1n) is 20.8. The number of likely N-dealkylation sites (tertiary alicyclic amines) is 1. The largest absolute Gasteiger partial charge is 0.497 e. The molecule has 6 aromatic rings. The van der Waals surface area contributed by atoms with Crippen molar-refractivity contribution >= 4 is 45.5 Å². The van der Waals surface area contributed by atoms with Gasteiger partial charge in [-0.05, 0) is 70.0 Å². The minimum absolute atomic E-state index is 0.0189. The van der Waals surface area contributed by atoms with Crippen molar-refractivity contribution in [1.82, 2.24) is 38.9 Å². The van der Waals surface area contributed by atoms with Gasteiger partial charge in [-0.25, -0.2) is 19.7 Å². The third kappa shape index (κ3) is 12.3. The van der Waals surface area contributed by atoms with E-state index >= 15 is 0 Å². The zero-order valence-electron chi connectivity index (χ0n) is 36.9. The van der Waals surface area contributed by atoms with Gasteiger partial charge in [-0.2, -0.15) is 0 Å². The van der Waals surface area contributed by atoms with E-state index in [1.54, 1.807) is 54.7 Å². The van der Waals surface area contributed by atoms with E-state index in [4.69, 9.17) is 28.4 Å². The molecule has 0 aliphatic carbocycles. The van der Waals surface area contributed by atoms with Gasteiger partial charge in [-0.15, -0.1) is 0 Å². The number of fused-ring (bicyclic) bond motifs is 3. The Labute approximate surface area is 368 Å². The van der Waals surface area contributed by atoms with Crippen LogP contribution in [0, 0.1) is 0 Å². The fraction of sp³-hybridized carbons (Fsp3) is 0.422. The van der Waals surface area contributed by atoms with Gasteiger partial charge in [0.05, 0.1) is 99.3 Å². The van der Waals surface area contributed by atoms with Crippen LogP contribution in [0.3, 0.4) is 0 Å². The molecule has 5 heterocycles. The Morgan fingerprint density at radius 2 is 1.16 bits per heavy atom. The zero-order valence-corrected chi connectivity index (χ0v) is 36.9. The smallest absolute Gasteiger partial charge is 0.407 e. The molecule has 0 saturated carbocycles. The molecule has 0 radical (unpaired) electrons. The Bertz CT molecular complexity index is 2730. The van der Waals surface area contributed by atoms with Gasteiger partial charge in [0.25, 0.3) is 16.7 Å². The predicted molar refractivity (Wildman–Crippen MR) is 238 cm³/mol. The quantitative estimate of drug-likeness (QED) is 0.184. The molecule has 0 atom stereocenters. The monoisotopic (exact) mass is 882 g/mol. The van der Waals surface area contributed by atoms with Gasteiger partial charge in [-0.3, -0.25) is 19.0 Å². The van der Waals surface area contributed by atoms with Crippen LogP contribution in [0.4, 0.5) is 4.79 Å². The lowest BCUT2D eigenvalue weighted by Crippen LogP contribution is -2.46. The van der Waals surface area contributed by atoms with E-state index in [0.717, 1.165) is 49.0 Å². The molecule has 340 valence electrons. The first kappa shape index (κ1) is 46.8. The predicted octanol–water partition coefficient (Wildman–Crippen LogP) is 3.78. The van der Waals surface area contributed by atoms with Gasteiger partial charge in [-0.1, -0.05) is 0 Å². The molecule has 3 aromatic carbocycles. The third-order valence-corrected chi connectivity index (χ3v) is 10.4. The van der Waals surface area contributed by atoms with Crippen molar-refractivity contribution < 1.29 is 38.0 Å². The number of hydrogen-bond acceptors (Lipinski definition) is 15. The van der Waals surface area contributed by atoms with Crippen molar-refractivity contribution in [3.05, 3.63) is 104 Å². The van der Waals surface area contributed by atoms with E-state index in [1.165, 1.54) is 23.2 Å². The summed E-state index contributed by atoms with van der Waals surface area (Å²) in [6.07, 6.45) is 5.54. The number of nitrogens with zero attached hydrogens (tertiary/aromatic N) is 7. The molecule has 2 saturated heterocycles. The lowest BCUT2D eigenvalue weighted by molar-refractivity contribution is -0.108. The molecule has 2 aliphatic heterocycles. The summed E-state index contributed by atoms with van der Waals surface area (Å²) >= 11 is 0. The summed E-state index contributed by atoms with van der Waals surface area (Å²) in [4.78, 5) is 73.0. The van der Waals surface area contributed by atoms with Gasteiger partial charge in [0, 0.05) is 50.4 Å². The number of carbonyl (C=O) groups excluding carboxylic acids is 2. The molecule has 19 nitrogen and oxygen atoms in total. The van der Waals surface area contributed by atoms with Crippen LogP contribution < -0.4 is 36.2 Å². The van der Waals surface area contributed by atoms with Crippen molar-refractivity contribution in [2.75, 3.05) is 54.2 Å². The van der Waals surface area contributed by atoms with E-state index < -0.39 is 5.60 Å². The molecule has 1 amide bonds. The number of nitrogens with one attached hydrogen (secondary N) is 1. The lowest BCUT2D eigenvalue weighted by atomic mass is 10.1. The molecule has 0 bridgehead atoms. The highest BCUT2D eigenvalue weighted by molar-refractivity contribution is 5.78. The minimum atomic E-state index is -0.492. The van der Waals surface area contributed by atoms with E-state index in [-0.39, 0.29) is 41.6 Å². The van der Waals surface area contributed by atoms with Crippen LogP contribution in [0.1, 0.15) is 33.6 Å². The summed E-state index contributed by atoms with van der Waals surface area (Å²) in [5.74, 6) is 2.01. The van der Waals surface area contributed by atoms with E-state index in [2.05, 4.69) is 25.2 Å². The highest BCUT2D eigenvalue weighted by Crippen LogP contribution is 2.21. The van der Waals surface area contributed by atoms with Crippen LogP contribution in [0.25, 0.3) is 33.1 Å². The summed E-state index contributed by atoms with van der Waals surface area (Å²) in [5.41, 5.74) is 3.16. The van der Waals surface area contributed by atoms with E-state index in [9.17, 15) is 24.0 Å². The molecular weight excluding hydrogens is 829 g/mol. The Kier molecular flexibility index (Phi) is 15.8. The Morgan fingerprint density at radius 3 is 1.62 bits per heavy atom. The molecule has 0 unspecified atom stereocenters. The Hall–Kier alpha value is -6.70. The van der Waals surface area contributed by atoms with Gasteiger partial charge in [0.1, 0.15) is 29.1 Å². The summed E-state index contributed by atoms with van der Waals surface area (Å²) < 4.78 is 36.3. The van der Waals surface area contributed by atoms with Crippen molar-refractivity contribution in [3.8, 4) is 17.2 Å². The van der Waals surface area contributed by atoms with Crippen LogP contribution >= 0.6 is 0 Å². The van der Waals surface area contributed by atoms with Crippen LogP contribution in [0.15, 0.2) is 87.6 Å². The van der Waals surface area contributed by atoms with Gasteiger partial charge in [0.15, 0.2) is 6.29 Å².